The van der Waals surface area contributed by atoms with Gasteiger partial charge >= 0.3 is 0 Å². The maximum Gasteiger partial charge on any atom is 0.247 e. The van der Waals surface area contributed by atoms with Crippen molar-refractivity contribution in [2.75, 3.05) is 19.0 Å². The van der Waals surface area contributed by atoms with Crippen molar-refractivity contribution >= 4 is 29.5 Å². The summed E-state index contributed by atoms with van der Waals surface area (Å²) in [6.07, 6.45) is 6.66. The summed E-state index contributed by atoms with van der Waals surface area (Å²) in [6, 6.07) is 13.4. The van der Waals surface area contributed by atoms with Gasteiger partial charge in [-0.15, -0.1) is 0 Å². The van der Waals surface area contributed by atoms with Gasteiger partial charge in [0.05, 0.1) is 31.9 Å². The third kappa shape index (κ3) is 5.87. The summed E-state index contributed by atoms with van der Waals surface area (Å²) >= 11 is 0. The zero-order valence-corrected chi connectivity index (χ0v) is 20.7. The number of fused-ring (bicyclic) bond motifs is 1. The monoisotopic (exact) mass is 491 g/mol. The molecule has 0 bridgehead atoms. The Hall–Kier alpha value is -3.81. The van der Waals surface area contributed by atoms with E-state index in [9.17, 15) is 14.4 Å². The average molecular weight is 492 g/mol. The van der Waals surface area contributed by atoms with Crippen molar-refractivity contribution in [2.24, 2.45) is 0 Å². The standard InChI is InChI=1S/C28H33N3O5/c1-3-36-25-11-7-5-9-22(25)29-26(32)18-24-28(34)30-21-8-4-6-10-23(21)31(24)27(33)17-14-19-12-15-20(35-2)16-13-19/h5,7,9,11-17,21,23-24H,3-4,6,8,10,18H2,1-2H3,(H,29,32)(H,30,34)/b17-14+/t21-,23-,24+/m0/s1. The zero-order chi connectivity index (χ0) is 25.5. The van der Waals surface area contributed by atoms with Gasteiger partial charge in [-0.05, 0) is 55.7 Å². The highest BCUT2D eigenvalue weighted by molar-refractivity contribution is 6.01. The first-order valence-corrected chi connectivity index (χ1v) is 12.5. The smallest absolute Gasteiger partial charge is 0.247 e. The summed E-state index contributed by atoms with van der Waals surface area (Å²) in [5.74, 6) is 0.369. The van der Waals surface area contributed by atoms with Crippen molar-refractivity contribution in [3.63, 3.8) is 0 Å². The minimum Gasteiger partial charge on any atom is -0.497 e. The first kappa shape index (κ1) is 25.3. The van der Waals surface area contributed by atoms with Crippen LogP contribution in [0.3, 0.4) is 0 Å². The Kier molecular flexibility index (Phi) is 8.25. The summed E-state index contributed by atoms with van der Waals surface area (Å²) in [7, 11) is 1.60. The molecule has 8 heteroatoms. The van der Waals surface area contributed by atoms with E-state index in [1.54, 1.807) is 36.3 Å². The van der Waals surface area contributed by atoms with Gasteiger partial charge in [-0.3, -0.25) is 14.4 Å². The average Bonchev–Trinajstić information content (AvgIpc) is 2.89. The van der Waals surface area contributed by atoms with Crippen LogP contribution >= 0.6 is 0 Å². The van der Waals surface area contributed by atoms with Crippen molar-refractivity contribution in [3.05, 3.63) is 60.2 Å². The normalized spacial score (nSPS) is 21.4. The Balaban J connectivity index is 1.54. The van der Waals surface area contributed by atoms with Crippen LogP contribution in [0.1, 0.15) is 44.6 Å². The van der Waals surface area contributed by atoms with Crippen molar-refractivity contribution in [1.29, 1.82) is 0 Å². The molecule has 2 aliphatic rings. The lowest BCUT2D eigenvalue weighted by molar-refractivity contribution is -0.148. The van der Waals surface area contributed by atoms with Crippen LogP contribution < -0.4 is 20.1 Å². The van der Waals surface area contributed by atoms with Gasteiger partial charge in [0.1, 0.15) is 17.5 Å². The fourth-order valence-corrected chi connectivity index (χ4v) is 4.95. The first-order chi connectivity index (χ1) is 17.5. The van der Waals surface area contributed by atoms with Crippen molar-refractivity contribution < 1.29 is 23.9 Å². The number of benzene rings is 2. The van der Waals surface area contributed by atoms with Crippen LogP contribution in [0.4, 0.5) is 5.69 Å². The molecule has 2 aromatic carbocycles. The minimum absolute atomic E-state index is 0.0948. The molecule has 1 aliphatic heterocycles. The molecule has 0 aromatic heterocycles. The van der Waals surface area contributed by atoms with E-state index in [0.29, 0.717) is 18.0 Å². The molecule has 3 atom stereocenters. The van der Waals surface area contributed by atoms with E-state index >= 15 is 0 Å². The lowest BCUT2D eigenvalue weighted by atomic mass is 9.85. The molecule has 2 N–H and O–H groups in total. The molecule has 1 aliphatic carbocycles. The maximum atomic E-state index is 13.5. The molecule has 0 radical (unpaired) electrons. The Morgan fingerprint density at radius 1 is 1.11 bits per heavy atom. The van der Waals surface area contributed by atoms with Crippen molar-refractivity contribution in [1.82, 2.24) is 10.2 Å². The molecule has 1 saturated heterocycles. The highest BCUT2D eigenvalue weighted by Crippen LogP contribution is 2.31. The van der Waals surface area contributed by atoms with Gasteiger partial charge < -0.3 is 25.0 Å². The lowest BCUT2D eigenvalue weighted by Gasteiger charge is -2.47. The van der Waals surface area contributed by atoms with E-state index in [0.717, 1.165) is 37.0 Å². The molecule has 2 fully saturated rings. The van der Waals surface area contributed by atoms with E-state index in [1.165, 1.54) is 6.08 Å². The molecule has 190 valence electrons. The number of methoxy groups -OCH3 is 1. The number of amides is 3. The van der Waals surface area contributed by atoms with Crippen LogP contribution in [0.2, 0.25) is 0 Å². The lowest BCUT2D eigenvalue weighted by Crippen LogP contribution is -2.67. The van der Waals surface area contributed by atoms with Crippen LogP contribution in [-0.4, -0.2) is 54.5 Å². The van der Waals surface area contributed by atoms with Crippen LogP contribution in [0.15, 0.2) is 54.6 Å². The Morgan fingerprint density at radius 2 is 1.86 bits per heavy atom. The second kappa shape index (κ2) is 11.7. The molecule has 2 aromatic rings. The molecule has 4 rings (SSSR count). The number of nitrogens with one attached hydrogen (secondary N) is 2. The van der Waals surface area contributed by atoms with Crippen LogP contribution in [-0.2, 0) is 14.4 Å². The number of rotatable bonds is 8. The highest BCUT2D eigenvalue weighted by Gasteiger charge is 2.45. The highest BCUT2D eigenvalue weighted by atomic mass is 16.5. The number of hydrogen-bond donors (Lipinski definition) is 2. The van der Waals surface area contributed by atoms with E-state index in [2.05, 4.69) is 10.6 Å². The van der Waals surface area contributed by atoms with E-state index in [1.807, 2.05) is 37.3 Å². The second-order valence-corrected chi connectivity index (χ2v) is 9.02. The predicted molar refractivity (Wildman–Crippen MR) is 138 cm³/mol. The molecule has 0 spiro atoms. The molecule has 3 amide bonds. The molecule has 1 saturated carbocycles. The topological polar surface area (TPSA) is 97.0 Å². The van der Waals surface area contributed by atoms with E-state index < -0.39 is 6.04 Å². The van der Waals surface area contributed by atoms with Gasteiger partial charge in [0, 0.05) is 12.1 Å². The summed E-state index contributed by atoms with van der Waals surface area (Å²) in [4.78, 5) is 41.2. The van der Waals surface area contributed by atoms with Crippen LogP contribution in [0.25, 0.3) is 6.08 Å². The molecule has 8 nitrogen and oxygen atoms in total. The summed E-state index contributed by atoms with van der Waals surface area (Å²) in [5, 5.41) is 5.92. The van der Waals surface area contributed by atoms with Crippen LogP contribution in [0.5, 0.6) is 11.5 Å². The fourth-order valence-electron chi connectivity index (χ4n) is 4.95. The summed E-state index contributed by atoms with van der Waals surface area (Å²) in [5.41, 5.74) is 1.38. The SMILES string of the molecule is CCOc1ccccc1NC(=O)C[C@@H]1C(=O)N[C@H]2CCCC[C@@H]2N1C(=O)/C=C/c1ccc(OC)cc1. The molecular weight excluding hydrogens is 458 g/mol. The minimum atomic E-state index is -0.892. The number of carbonyl (C=O) groups is 3. The van der Waals surface area contributed by atoms with Gasteiger partial charge in [0.25, 0.3) is 0 Å². The van der Waals surface area contributed by atoms with Gasteiger partial charge in [-0.25, -0.2) is 0 Å². The number of nitrogens with zero attached hydrogens (tertiary/aromatic N) is 1. The van der Waals surface area contributed by atoms with Crippen LogP contribution in [0, 0.1) is 0 Å². The largest absolute Gasteiger partial charge is 0.497 e. The van der Waals surface area contributed by atoms with Gasteiger partial charge in [-0.1, -0.05) is 37.1 Å². The summed E-state index contributed by atoms with van der Waals surface area (Å²) in [6.45, 7) is 2.33. The number of anilines is 1. The maximum absolute atomic E-state index is 13.5. The molecule has 36 heavy (non-hydrogen) atoms. The van der Waals surface area contributed by atoms with E-state index in [4.69, 9.17) is 9.47 Å². The molecule has 1 heterocycles. The van der Waals surface area contributed by atoms with Gasteiger partial charge in [0.2, 0.25) is 17.7 Å². The molecular formula is C28H33N3O5. The third-order valence-electron chi connectivity index (χ3n) is 6.68. The number of para-hydroxylation sites is 2. The Labute approximate surface area is 211 Å². The number of hydrogen-bond acceptors (Lipinski definition) is 5. The van der Waals surface area contributed by atoms with Crippen molar-refractivity contribution in [3.8, 4) is 11.5 Å². The number of carbonyl (C=O) groups excluding carboxylic acids is 3. The fraction of sp³-hybridized carbons (Fsp3) is 0.393. The van der Waals surface area contributed by atoms with E-state index in [-0.39, 0.29) is 36.2 Å². The molecule has 0 unspecified atom stereocenters. The number of ether oxygens (including phenoxy) is 2. The second-order valence-electron chi connectivity index (χ2n) is 9.02. The Morgan fingerprint density at radius 3 is 2.61 bits per heavy atom. The first-order valence-electron chi connectivity index (χ1n) is 12.5. The number of piperazine rings is 1. The predicted octanol–water partition coefficient (Wildman–Crippen LogP) is 3.77. The Bertz CT molecular complexity index is 1110. The quantitative estimate of drug-likeness (QED) is 0.548. The van der Waals surface area contributed by atoms with Crippen molar-refractivity contribution in [2.45, 2.75) is 57.2 Å². The third-order valence-corrected chi connectivity index (χ3v) is 6.68. The van der Waals surface area contributed by atoms with Gasteiger partial charge in [-0.2, -0.15) is 0 Å². The van der Waals surface area contributed by atoms with Gasteiger partial charge in [0.15, 0.2) is 0 Å². The summed E-state index contributed by atoms with van der Waals surface area (Å²) < 4.78 is 10.8. The zero-order valence-electron chi connectivity index (χ0n) is 20.7.